The summed E-state index contributed by atoms with van der Waals surface area (Å²) < 4.78 is 5.90. The number of amides is 4. The van der Waals surface area contributed by atoms with E-state index in [1.165, 1.54) is 11.8 Å². The molecule has 2 aromatic rings. The van der Waals surface area contributed by atoms with E-state index in [4.69, 9.17) is 4.74 Å². The maximum atomic E-state index is 14.0. The van der Waals surface area contributed by atoms with Crippen molar-refractivity contribution in [1.29, 1.82) is 0 Å². The number of Topliss-reactive ketones (excluding diaryl/α,β-unsaturated/α-hetero) is 1. The topological polar surface area (TPSA) is 154 Å². The minimum absolute atomic E-state index is 0.197. The Morgan fingerprint density at radius 3 is 2.36 bits per heavy atom. The van der Waals surface area contributed by atoms with Crippen LogP contribution in [0.3, 0.4) is 0 Å². The lowest BCUT2D eigenvalue weighted by atomic mass is 9.94. The average Bonchev–Trinajstić information content (AvgIpc) is 3.56. The molecular formula is C36H48N4O7. The molecule has 0 unspecified atom stereocenters. The summed E-state index contributed by atoms with van der Waals surface area (Å²) in [5.74, 6) is -1.26. The number of fused-ring (bicyclic) bond motifs is 1. The summed E-state index contributed by atoms with van der Waals surface area (Å²) in [6, 6.07) is 14.6. The molecule has 47 heavy (non-hydrogen) atoms. The Morgan fingerprint density at radius 1 is 0.957 bits per heavy atom. The molecule has 11 nitrogen and oxygen atoms in total. The average molecular weight is 649 g/mol. The Morgan fingerprint density at radius 2 is 1.68 bits per heavy atom. The van der Waals surface area contributed by atoms with Crippen molar-refractivity contribution in [1.82, 2.24) is 20.9 Å². The van der Waals surface area contributed by atoms with E-state index in [0.717, 1.165) is 11.1 Å². The molecule has 2 aromatic carbocycles. The summed E-state index contributed by atoms with van der Waals surface area (Å²) in [7, 11) is 0. The molecule has 4 rings (SSSR count). The van der Waals surface area contributed by atoms with Gasteiger partial charge in [0.05, 0.1) is 0 Å². The summed E-state index contributed by atoms with van der Waals surface area (Å²) >= 11 is 0. The fraction of sp³-hybridized carbons (Fsp3) is 0.528. The predicted molar refractivity (Wildman–Crippen MR) is 176 cm³/mol. The lowest BCUT2D eigenvalue weighted by Gasteiger charge is -2.36. The number of rotatable bonds is 13. The van der Waals surface area contributed by atoms with Crippen LogP contribution in [0.15, 0.2) is 54.6 Å². The summed E-state index contributed by atoms with van der Waals surface area (Å²) in [4.78, 5) is 68.2. The Bertz CT molecular complexity index is 1400. The number of ether oxygens (including phenoxy) is 1. The molecule has 0 saturated carbocycles. The van der Waals surface area contributed by atoms with Gasteiger partial charge in [0.2, 0.25) is 23.6 Å². The minimum atomic E-state index is -1.33. The highest BCUT2D eigenvalue weighted by Gasteiger charge is 2.43. The van der Waals surface area contributed by atoms with Crippen LogP contribution in [0.4, 0.5) is 0 Å². The summed E-state index contributed by atoms with van der Waals surface area (Å²) in [5.41, 5.74) is 0.517. The zero-order chi connectivity index (χ0) is 34.0. The van der Waals surface area contributed by atoms with E-state index in [1.807, 2.05) is 54.6 Å². The highest BCUT2D eigenvalue weighted by molar-refractivity contribution is 5.99. The van der Waals surface area contributed by atoms with Gasteiger partial charge in [0.1, 0.15) is 42.1 Å². The van der Waals surface area contributed by atoms with Gasteiger partial charge in [0, 0.05) is 19.4 Å². The van der Waals surface area contributed by atoms with Crippen LogP contribution in [0, 0.1) is 0 Å². The maximum Gasteiger partial charge on any atom is 0.246 e. The van der Waals surface area contributed by atoms with Gasteiger partial charge in [-0.15, -0.1) is 0 Å². The molecule has 0 radical (unpaired) electrons. The number of unbranched alkanes of at least 4 members (excludes halogenated alkanes) is 2. The standard InChI is InChI=1S/C36H48N4O7/c1-4-36(3)35(46)38-29(22-25-17-19-27(20-18-25)47-23-26-12-7-5-8-13-26)34(45)40-21-11-15-30(40)33(44)37-28(32(43)39-36)14-9-6-10-16-31(42)24(2)41/h5,7-8,12-13,17-20,24,28-30,41H,4,6,9-11,14-16,21-23H2,1-3H3,(H,37,44)(H,38,46)(H,39,43)/t24-,28+,29+,30-,36+/m1/s1. The zero-order valence-electron chi connectivity index (χ0n) is 27.6. The molecule has 0 bridgehead atoms. The van der Waals surface area contributed by atoms with Crippen LogP contribution in [-0.4, -0.2) is 75.7 Å². The SMILES string of the molecule is CC[C@]1(C)NC(=O)[C@H](CCCCCC(=O)[C@@H](C)O)NC(=O)[C@H]2CCCN2C(=O)[C@H](Cc2ccc(OCc3ccccc3)cc2)NC1=O. The Hall–Kier alpha value is -4.25. The number of hydrogen-bond donors (Lipinski definition) is 4. The van der Waals surface area contributed by atoms with E-state index < -0.39 is 47.5 Å². The quantitative estimate of drug-likeness (QED) is 0.244. The van der Waals surface area contributed by atoms with Crippen molar-refractivity contribution in [2.45, 2.75) is 115 Å². The number of carbonyl (C=O) groups is 5. The fourth-order valence-electron chi connectivity index (χ4n) is 5.95. The second-order valence-corrected chi connectivity index (χ2v) is 12.8. The molecule has 4 amide bonds. The van der Waals surface area contributed by atoms with Crippen molar-refractivity contribution in [3.63, 3.8) is 0 Å². The summed E-state index contributed by atoms with van der Waals surface area (Å²) in [6.07, 6.45) is 2.79. The summed E-state index contributed by atoms with van der Waals surface area (Å²) in [5, 5.41) is 18.1. The third-order valence-corrected chi connectivity index (χ3v) is 9.18. The number of aliphatic hydroxyl groups excluding tert-OH is 1. The van der Waals surface area contributed by atoms with Crippen LogP contribution >= 0.6 is 0 Å². The molecule has 0 aliphatic carbocycles. The molecule has 2 heterocycles. The third-order valence-electron chi connectivity index (χ3n) is 9.18. The lowest BCUT2D eigenvalue weighted by Crippen LogP contribution is -2.65. The third kappa shape index (κ3) is 9.63. The van der Waals surface area contributed by atoms with Crippen molar-refractivity contribution in [3.05, 3.63) is 65.7 Å². The van der Waals surface area contributed by atoms with Crippen LogP contribution in [-0.2, 0) is 37.0 Å². The monoisotopic (exact) mass is 648 g/mol. The van der Waals surface area contributed by atoms with Gasteiger partial charge < -0.3 is 30.7 Å². The van der Waals surface area contributed by atoms with Crippen molar-refractivity contribution >= 4 is 29.4 Å². The van der Waals surface area contributed by atoms with Gasteiger partial charge in [0.15, 0.2) is 5.78 Å². The van der Waals surface area contributed by atoms with Crippen LogP contribution in [0.25, 0.3) is 0 Å². The van der Waals surface area contributed by atoms with Gasteiger partial charge in [-0.3, -0.25) is 24.0 Å². The van der Waals surface area contributed by atoms with Crippen LogP contribution in [0.1, 0.15) is 83.3 Å². The van der Waals surface area contributed by atoms with Gasteiger partial charge in [-0.2, -0.15) is 0 Å². The molecule has 11 heteroatoms. The highest BCUT2D eigenvalue weighted by Crippen LogP contribution is 2.23. The first-order chi connectivity index (χ1) is 22.5. The first-order valence-electron chi connectivity index (χ1n) is 16.7. The number of aliphatic hydroxyl groups is 1. The van der Waals surface area contributed by atoms with E-state index in [2.05, 4.69) is 16.0 Å². The van der Waals surface area contributed by atoms with Gasteiger partial charge in [-0.1, -0.05) is 62.2 Å². The Balaban J connectivity index is 1.48. The molecule has 5 atom stereocenters. The van der Waals surface area contributed by atoms with E-state index >= 15 is 0 Å². The van der Waals surface area contributed by atoms with Gasteiger partial charge in [0.25, 0.3) is 0 Å². The molecular weight excluding hydrogens is 600 g/mol. The van der Waals surface area contributed by atoms with E-state index in [-0.39, 0.29) is 31.0 Å². The molecule has 0 spiro atoms. The highest BCUT2D eigenvalue weighted by atomic mass is 16.5. The minimum Gasteiger partial charge on any atom is -0.489 e. The molecule has 254 valence electrons. The number of nitrogens with one attached hydrogen (secondary N) is 3. The van der Waals surface area contributed by atoms with E-state index in [9.17, 15) is 29.1 Å². The second kappa shape index (κ2) is 16.5. The Kier molecular flexibility index (Phi) is 12.5. The van der Waals surface area contributed by atoms with Crippen molar-refractivity contribution in [2.24, 2.45) is 0 Å². The number of ketones is 1. The molecule has 2 saturated heterocycles. The molecule has 4 N–H and O–H groups in total. The van der Waals surface area contributed by atoms with Crippen molar-refractivity contribution < 1.29 is 33.8 Å². The van der Waals surface area contributed by atoms with Crippen LogP contribution < -0.4 is 20.7 Å². The smallest absolute Gasteiger partial charge is 0.246 e. The van der Waals surface area contributed by atoms with Crippen molar-refractivity contribution in [2.75, 3.05) is 6.54 Å². The lowest BCUT2D eigenvalue weighted by molar-refractivity contribution is -0.144. The van der Waals surface area contributed by atoms with E-state index in [0.29, 0.717) is 57.4 Å². The second-order valence-electron chi connectivity index (χ2n) is 12.8. The van der Waals surface area contributed by atoms with Crippen molar-refractivity contribution in [3.8, 4) is 5.75 Å². The zero-order valence-corrected chi connectivity index (χ0v) is 27.6. The number of carbonyl (C=O) groups excluding carboxylic acids is 5. The number of benzene rings is 2. The van der Waals surface area contributed by atoms with E-state index in [1.54, 1.807) is 13.8 Å². The first-order valence-corrected chi connectivity index (χ1v) is 16.7. The molecule has 2 aliphatic heterocycles. The van der Waals surface area contributed by atoms with Gasteiger partial charge >= 0.3 is 0 Å². The summed E-state index contributed by atoms with van der Waals surface area (Å²) in [6.45, 7) is 5.62. The number of nitrogens with zero attached hydrogens (tertiary/aromatic N) is 1. The van der Waals surface area contributed by atoms with Gasteiger partial charge in [-0.25, -0.2) is 0 Å². The normalized spacial score (nSPS) is 24.3. The van der Waals surface area contributed by atoms with Crippen LogP contribution in [0.5, 0.6) is 5.75 Å². The van der Waals surface area contributed by atoms with Crippen LogP contribution in [0.2, 0.25) is 0 Å². The predicted octanol–water partition coefficient (Wildman–Crippen LogP) is 2.97. The molecule has 2 aliphatic rings. The van der Waals surface area contributed by atoms with Gasteiger partial charge in [-0.05, 0) is 69.2 Å². The number of hydrogen-bond acceptors (Lipinski definition) is 7. The molecule has 2 fully saturated rings. The maximum absolute atomic E-state index is 14.0. The molecule has 0 aromatic heterocycles. The largest absolute Gasteiger partial charge is 0.489 e. The first kappa shape index (κ1) is 35.6. The Labute approximate surface area is 276 Å². The fourth-order valence-corrected chi connectivity index (χ4v) is 5.95.